The summed E-state index contributed by atoms with van der Waals surface area (Å²) in [6.07, 6.45) is 8.46. The Morgan fingerprint density at radius 1 is 0.979 bits per heavy atom. The zero-order valence-electron chi connectivity index (χ0n) is 27.2. The van der Waals surface area contributed by atoms with E-state index in [-0.39, 0.29) is 11.8 Å². The predicted molar refractivity (Wildman–Crippen MR) is 180 cm³/mol. The molecule has 252 valence electrons. The standard InChI is InChI=1S/C35H44F3N7O2/c1-4-27(13-9-8-10-14-32(39)46)44(40-2)22-12-7-5-6-11-21-41-34(47)25-15-20-31-29(23-25)30-24-43(3)42-33(30)45(31)28-18-16-26(17-19-28)35(36,37)38/h4,15-20,23-24H,2,5-14,21-22H2,1,3H3,(H2,39,46)(H,41,47)/b27-4-. The van der Waals surface area contributed by atoms with Gasteiger partial charge >= 0.3 is 6.18 Å². The number of hydrogen-bond donors (Lipinski definition) is 2. The molecule has 0 unspecified atom stereocenters. The Morgan fingerprint density at radius 3 is 2.34 bits per heavy atom. The van der Waals surface area contributed by atoms with Gasteiger partial charge in [0.05, 0.1) is 11.1 Å². The quantitative estimate of drug-likeness (QED) is 0.0661. The molecule has 0 saturated carbocycles. The Morgan fingerprint density at radius 2 is 1.66 bits per heavy atom. The molecule has 3 N–H and O–H groups in total. The van der Waals surface area contributed by atoms with Crippen LogP contribution in [0.15, 0.2) is 65.5 Å². The van der Waals surface area contributed by atoms with Crippen LogP contribution in [-0.4, -0.2) is 51.0 Å². The van der Waals surface area contributed by atoms with Crippen molar-refractivity contribution in [2.75, 3.05) is 13.1 Å². The number of nitrogens with one attached hydrogen (secondary N) is 1. The number of nitrogens with zero attached hydrogens (tertiary/aromatic N) is 5. The molecule has 0 spiro atoms. The van der Waals surface area contributed by atoms with Gasteiger partial charge in [-0.05, 0) is 81.5 Å². The highest BCUT2D eigenvalue weighted by Gasteiger charge is 2.30. The van der Waals surface area contributed by atoms with Gasteiger partial charge in [0.2, 0.25) is 5.91 Å². The minimum absolute atomic E-state index is 0.174. The van der Waals surface area contributed by atoms with E-state index < -0.39 is 11.7 Å². The number of nitrogens with two attached hydrogens (primary N) is 1. The summed E-state index contributed by atoms with van der Waals surface area (Å²) in [4.78, 5) is 23.9. The molecule has 0 aliphatic heterocycles. The third-order valence-electron chi connectivity index (χ3n) is 8.29. The van der Waals surface area contributed by atoms with E-state index >= 15 is 0 Å². The fraction of sp³-hybridized carbons (Fsp3) is 0.429. The van der Waals surface area contributed by atoms with Gasteiger partial charge in [0.1, 0.15) is 0 Å². The molecule has 0 bridgehead atoms. The van der Waals surface area contributed by atoms with Crippen LogP contribution in [0.2, 0.25) is 0 Å². The smallest absolute Gasteiger partial charge is 0.370 e. The largest absolute Gasteiger partial charge is 0.416 e. The first kappa shape index (κ1) is 35.2. The number of fused-ring (bicyclic) bond motifs is 3. The van der Waals surface area contributed by atoms with Crippen LogP contribution in [0.5, 0.6) is 0 Å². The molecule has 4 aromatic rings. The highest BCUT2D eigenvalue weighted by Crippen LogP contribution is 2.34. The fourth-order valence-corrected chi connectivity index (χ4v) is 5.83. The van der Waals surface area contributed by atoms with Gasteiger partial charge < -0.3 is 11.1 Å². The Kier molecular flexibility index (Phi) is 12.2. The summed E-state index contributed by atoms with van der Waals surface area (Å²) in [6.45, 7) is 7.09. The van der Waals surface area contributed by atoms with E-state index in [2.05, 4.69) is 28.3 Å². The summed E-state index contributed by atoms with van der Waals surface area (Å²) in [6, 6.07) is 10.3. The second kappa shape index (κ2) is 16.3. The number of allylic oxidation sites excluding steroid dienone is 2. The molecule has 2 aromatic carbocycles. The molecule has 0 aliphatic rings. The maximum Gasteiger partial charge on any atom is 0.416 e. The zero-order valence-corrected chi connectivity index (χ0v) is 27.2. The van der Waals surface area contributed by atoms with Crippen molar-refractivity contribution in [2.24, 2.45) is 17.9 Å². The van der Waals surface area contributed by atoms with Crippen LogP contribution in [0.4, 0.5) is 13.2 Å². The molecule has 2 aromatic heterocycles. The SMILES string of the molecule is C=NN(CCCCCCCNC(=O)c1ccc2c(c1)c1cn(C)nc1n2-c1ccc(C(F)(F)F)cc1)/C(=C\C)CCCCCC(N)=O. The van der Waals surface area contributed by atoms with Crippen molar-refractivity contribution < 1.29 is 22.8 Å². The number of hydrazone groups is 1. The van der Waals surface area contributed by atoms with Gasteiger partial charge in [0, 0.05) is 67.2 Å². The minimum atomic E-state index is -4.42. The lowest BCUT2D eigenvalue weighted by Crippen LogP contribution is -2.24. The summed E-state index contributed by atoms with van der Waals surface area (Å²) in [5.41, 5.74) is 8.06. The molecular formula is C35H44F3N7O2. The summed E-state index contributed by atoms with van der Waals surface area (Å²) < 4.78 is 42.9. The van der Waals surface area contributed by atoms with Crippen LogP contribution in [0.1, 0.15) is 87.1 Å². The molecule has 0 saturated heterocycles. The van der Waals surface area contributed by atoms with Crippen molar-refractivity contribution in [1.29, 1.82) is 0 Å². The van der Waals surface area contributed by atoms with Crippen molar-refractivity contribution in [1.82, 2.24) is 24.7 Å². The number of benzene rings is 2. The number of amides is 2. The third kappa shape index (κ3) is 9.24. The first-order chi connectivity index (χ1) is 22.5. The van der Waals surface area contributed by atoms with Gasteiger partial charge in [0.15, 0.2) is 5.65 Å². The number of alkyl halides is 3. The first-order valence-electron chi connectivity index (χ1n) is 16.1. The maximum absolute atomic E-state index is 13.1. The summed E-state index contributed by atoms with van der Waals surface area (Å²) in [5, 5.41) is 15.3. The molecule has 12 heteroatoms. The van der Waals surface area contributed by atoms with Crippen LogP contribution < -0.4 is 11.1 Å². The zero-order chi connectivity index (χ0) is 34.0. The van der Waals surface area contributed by atoms with E-state index in [0.29, 0.717) is 29.9 Å². The molecule has 0 radical (unpaired) electrons. The first-order valence-corrected chi connectivity index (χ1v) is 16.1. The van der Waals surface area contributed by atoms with E-state index in [9.17, 15) is 22.8 Å². The molecule has 4 rings (SSSR count). The summed E-state index contributed by atoms with van der Waals surface area (Å²) >= 11 is 0. The number of halogens is 3. The van der Waals surface area contributed by atoms with Gasteiger partial charge in [-0.3, -0.25) is 23.8 Å². The molecule has 2 heterocycles. The summed E-state index contributed by atoms with van der Waals surface area (Å²) in [5.74, 6) is -0.431. The van der Waals surface area contributed by atoms with Crippen LogP contribution in [0, 0.1) is 0 Å². The number of aromatic nitrogens is 3. The lowest BCUT2D eigenvalue weighted by atomic mass is 10.1. The third-order valence-corrected chi connectivity index (χ3v) is 8.29. The van der Waals surface area contributed by atoms with Crippen LogP contribution in [-0.2, 0) is 18.0 Å². The fourth-order valence-electron chi connectivity index (χ4n) is 5.83. The Bertz CT molecular complexity index is 1700. The highest BCUT2D eigenvalue weighted by atomic mass is 19.4. The Hall–Kier alpha value is -4.61. The van der Waals surface area contributed by atoms with Crippen molar-refractivity contribution in [3.63, 3.8) is 0 Å². The molecular weight excluding hydrogens is 607 g/mol. The number of carbonyl (C=O) groups excluding carboxylic acids is 2. The normalized spacial score (nSPS) is 12.1. The molecule has 47 heavy (non-hydrogen) atoms. The Labute approximate surface area is 273 Å². The second-order valence-electron chi connectivity index (χ2n) is 11.7. The highest BCUT2D eigenvalue weighted by molar-refractivity contribution is 6.10. The number of aryl methyl sites for hydroxylation is 1. The maximum atomic E-state index is 13.1. The van der Waals surface area contributed by atoms with E-state index in [1.54, 1.807) is 17.8 Å². The predicted octanol–water partition coefficient (Wildman–Crippen LogP) is 7.47. The van der Waals surface area contributed by atoms with Crippen molar-refractivity contribution in [2.45, 2.75) is 77.3 Å². The van der Waals surface area contributed by atoms with Crippen molar-refractivity contribution in [3.8, 4) is 5.69 Å². The topological polar surface area (TPSA) is 111 Å². The second-order valence-corrected chi connectivity index (χ2v) is 11.7. The monoisotopic (exact) mass is 651 g/mol. The number of hydrogen-bond acceptors (Lipinski definition) is 5. The number of rotatable bonds is 18. The molecule has 0 fully saturated rings. The van der Waals surface area contributed by atoms with Crippen LogP contribution in [0.25, 0.3) is 27.6 Å². The minimum Gasteiger partial charge on any atom is -0.370 e. The number of carbonyl (C=O) groups is 2. The van der Waals surface area contributed by atoms with Gasteiger partial charge in [-0.2, -0.15) is 23.4 Å². The molecule has 2 amide bonds. The van der Waals surface area contributed by atoms with Crippen molar-refractivity contribution >= 4 is 40.5 Å². The van der Waals surface area contributed by atoms with E-state index in [4.69, 9.17) is 5.73 Å². The van der Waals surface area contributed by atoms with Gasteiger partial charge in [-0.25, -0.2) is 0 Å². The average Bonchev–Trinajstić information content (AvgIpc) is 3.56. The molecule has 0 aliphatic carbocycles. The van der Waals surface area contributed by atoms with Gasteiger partial charge in [0.25, 0.3) is 5.91 Å². The van der Waals surface area contributed by atoms with Crippen molar-refractivity contribution in [3.05, 3.63) is 71.6 Å². The van der Waals surface area contributed by atoms with E-state index in [1.165, 1.54) is 12.1 Å². The van der Waals surface area contributed by atoms with Gasteiger partial charge in [-0.15, -0.1) is 0 Å². The average molecular weight is 652 g/mol. The Balaban J connectivity index is 1.25. The van der Waals surface area contributed by atoms with Crippen LogP contribution in [0.3, 0.4) is 0 Å². The molecule has 9 nitrogen and oxygen atoms in total. The lowest BCUT2D eigenvalue weighted by Gasteiger charge is -2.22. The number of primary amides is 1. The molecule has 0 atom stereocenters. The lowest BCUT2D eigenvalue weighted by molar-refractivity contribution is -0.137. The van der Waals surface area contributed by atoms with E-state index in [0.717, 1.165) is 98.5 Å². The summed E-state index contributed by atoms with van der Waals surface area (Å²) in [7, 11) is 1.78. The van der Waals surface area contributed by atoms with E-state index in [1.807, 2.05) is 34.8 Å². The van der Waals surface area contributed by atoms with Gasteiger partial charge in [-0.1, -0.05) is 31.8 Å². The number of unbranched alkanes of at least 4 members (excludes halogenated alkanes) is 6. The van der Waals surface area contributed by atoms with Crippen LogP contribution >= 0.6 is 0 Å².